The molecule has 0 aliphatic rings. The Morgan fingerprint density at radius 3 is 2.14 bits per heavy atom. The molecule has 0 aliphatic heterocycles. The van der Waals surface area contributed by atoms with Crippen molar-refractivity contribution >= 4 is 5.91 Å². The van der Waals surface area contributed by atoms with Gasteiger partial charge in [0, 0.05) is 24.5 Å². The zero-order valence-corrected chi connectivity index (χ0v) is 9.90. The van der Waals surface area contributed by atoms with Crippen molar-refractivity contribution < 1.29 is 4.79 Å². The zero-order valence-electron chi connectivity index (χ0n) is 9.90. The summed E-state index contributed by atoms with van der Waals surface area (Å²) >= 11 is 0. The van der Waals surface area contributed by atoms with E-state index in [2.05, 4.69) is 24.5 Å². The van der Waals surface area contributed by atoms with E-state index in [0.29, 0.717) is 6.42 Å². The van der Waals surface area contributed by atoms with Crippen molar-refractivity contribution in [2.24, 2.45) is 5.73 Å². The topological polar surface area (TPSA) is 67.2 Å². The largest absolute Gasteiger partial charge is 0.359 e. The van der Waals surface area contributed by atoms with E-state index in [9.17, 15) is 4.79 Å². The molecule has 0 aromatic rings. The van der Waals surface area contributed by atoms with Gasteiger partial charge in [0.25, 0.3) is 0 Å². The lowest BCUT2D eigenvalue weighted by atomic mass is 9.84. The molecule has 0 radical (unpaired) electrons. The van der Waals surface area contributed by atoms with E-state index >= 15 is 0 Å². The van der Waals surface area contributed by atoms with Crippen LogP contribution in [-0.4, -0.2) is 31.1 Å². The first kappa shape index (κ1) is 13.4. The highest BCUT2D eigenvalue weighted by atomic mass is 16.1. The molecular formula is C10H23N3O. The highest BCUT2D eigenvalue weighted by Gasteiger charge is 2.29. The fraction of sp³-hybridized carbons (Fsp3) is 0.900. The molecule has 4 N–H and O–H groups in total. The predicted molar refractivity (Wildman–Crippen MR) is 59.0 cm³/mol. The van der Waals surface area contributed by atoms with Crippen LogP contribution in [0.15, 0.2) is 0 Å². The van der Waals surface area contributed by atoms with Gasteiger partial charge in [-0.25, -0.2) is 0 Å². The molecule has 1 unspecified atom stereocenters. The van der Waals surface area contributed by atoms with E-state index in [1.807, 2.05) is 14.0 Å². The van der Waals surface area contributed by atoms with Gasteiger partial charge in [-0.05, 0) is 34.2 Å². The van der Waals surface area contributed by atoms with Crippen LogP contribution in [0, 0.1) is 0 Å². The molecule has 4 nitrogen and oxygen atoms in total. The van der Waals surface area contributed by atoms with Crippen molar-refractivity contribution in [2.75, 3.05) is 14.1 Å². The predicted octanol–water partition coefficient (Wildman–Crippen LogP) is 0.228. The molecule has 84 valence electrons. The maximum atomic E-state index is 11.2. The van der Waals surface area contributed by atoms with Gasteiger partial charge in [0.15, 0.2) is 0 Å². The van der Waals surface area contributed by atoms with Gasteiger partial charge >= 0.3 is 0 Å². The molecule has 0 heterocycles. The Labute approximate surface area is 86.6 Å². The van der Waals surface area contributed by atoms with Crippen LogP contribution in [0.2, 0.25) is 0 Å². The fourth-order valence-corrected chi connectivity index (χ4v) is 1.62. The summed E-state index contributed by atoms with van der Waals surface area (Å²) < 4.78 is 0. The normalized spacial score (nSPS) is 16.1. The Morgan fingerprint density at radius 2 is 1.79 bits per heavy atom. The highest BCUT2D eigenvalue weighted by Crippen LogP contribution is 2.20. The maximum Gasteiger partial charge on any atom is 0.221 e. The van der Waals surface area contributed by atoms with Gasteiger partial charge in [0.2, 0.25) is 5.91 Å². The van der Waals surface area contributed by atoms with Crippen LogP contribution in [0.1, 0.15) is 33.6 Å². The van der Waals surface area contributed by atoms with E-state index in [1.165, 1.54) is 0 Å². The smallest absolute Gasteiger partial charge is 0.221 e. The molecule has 0 bridgehead atoms. The van der Waals surface area contributed by atoms with Gasteiger partial charge in [-0.15, -0.1) is 0 Å². The first-order valence-corrected chi connectivity index (χ1v) is 4.91. The molecule has 0 fully saturated rings. The molecular weight excluding hydrogens is 178 g/mol. The van der Waals surface area contributed by atoms with Crippen molar-refractivity contribution in [3.8, 4) is 0 Å². The van der Waals surface area contributed by atoms with E-state index in [1.54, 1.807) is 7.05 Å². The second kappa shape index (κ2) is 4.75. The molecule has 0 spiro atoms. The van der Waals surface area contributed by atoms with Crippen molar-refractivity contribution in [2.45, 2.75) is 44.7 Å². The second-order valence-electron chi connectivity index (χ2n) is 4.81. The first-order chi connectivity index (χ1) is 6.22. The number of hydrogen-bond donors (Lipinski definition) is 3. The third-order valence-corrected chi connectivity index (χ3v) is 2.37. The molecule has 0 aliphatic carbocycles. The molecule has 0 aromatic carbocycles. The van der Waals surface area contributed by atoms with E-state index in [4.69, 9.17) is 5.73 Å². The molecule has 14 heavy (non-hydrogen) atoms. The summed E-state index contributed by atoms with van der Waals surface area (Å²) in [5.41, 5.74) is 5.54. The van der Waals surface area contributed by atoms with Gasteiger partial charge < -0.3 is 16.4 Å². The number of rotatable bonds is 5. The minimum atomic E-state index is -0.466. The van der Waals surface area contributed by atoms with Gasteiger partial charge in [-0.1, -0.05) is 0 Å². The van der Waals surface area contributed by atoms with Gasteiger partial charge in [-0.2, -0.15) is 0 Å². The van der Waals surface area contributed by atoms with Gasteiger partial charge in [0.1, 0.15) is 0 Å². The number of amides is 1. The minimum Gasteiger partial charge on any atom is -0.359 e. The number of carbonyl (C=O) groups is 1. The Bertz CT molecular complexity index is 200. The standard InChI is InChI=1S/C10H23N3O/c1-9(2,13-5)7-10(3,11)6-8(14)12-4/h13H,6-7,11H2,1-5H3,(H,12,14). The van der Waals surface area contributed by atoms with Crippen molar-refractivity contribution in [1.82, 2.24) is 10.6 Å². The van der Waals surface area contributed by atoms with E-state index < -0.39 is 5.54 Å². The van der Waals surface area contributed by atoms with Crippen LogP contribution in [0.5, 0.6) is 0 Å². The summed E-state index contributed by atoms with van der Waals surface area (Å²) in [5.74, 6) is -0.0121. The summed E-state index contributed by atoms with van der Waals surface area (Å²) in [6.07, 6.45) is 1.11. The quantitative estimate of drug-likeness (QED) is 0.596. The Balaban J connectivity index is 4.26. The molecule has 1 amide bonds. The lowest BCUT2D eigenvalue weighted by molar-refractivity contribution is -0.121. The minimum absolute atomic E-state index is 0.0121. The van der Waals surface area contributed by atoms with Crippen LogP contribution in [0.25, 0.3) is 0 Å². The van der Waals surface area contributed by atoms with Crippen LogP contribution < -0.4 is 16.4 Å². The number of nitrogens with one attached hydrogen (secondary N) is 2. The molecule has 0 saturated heterocycles. The average molecular weight is 201 g/mol. The summed E-state index contributed by atoms with van der Waals surface area (Å²) in [6, 6.07) is 0. The molecule has 4 heteroatoms. The van der Waals surface area contributed by atoms with Gasteiger partial charge in [-0.3, -0.25) is 4.79 Å². The summed E-state index contributed by atoms with van der Waals surface area (Å²) in [4.78, 5) is 11.2. The third kappa shape index (κ3) is 5.19. The number of hydrogen-bond acceptors (Lipinski definition) is 3. The Hall–Kier alpha value is -0.610. The highest BCUT2D eigenvalue weighted by molar-refractivity contribution is 5.76. The molecule has 1 atom stereocenters. The van der Waals surface area contributed by atoms with Crippen LogP contribution >= 0.6 is 0 Å². The lowest BCUT2D eigenvalue weighted by Crippen LogP contribution is -2.50. The molecule has 0 aromatic heterocycles. The Morgan fingerprint density at radius 1 is 1.29 bits per heavy atom. The Kier molecular flexibility index (Phi) is 4.55. The second-order valence-corrected chi connectivity index (χ2v) is 4.81. The van der Waals surface area contributed by atoms with E-state index in [-0.39, 0.29) is 11.4 Å². The number of nitrogens with two attached hydrogens (primary N) is 1. The summed E-state index contributed by atoms with van der Waals surface area (Å²) in [6.45, 7) is 6.05. The van der Waals surface area contributed by atoms with Crippen LogP contribution in [0.3, 0.4) is 0 Å². The maximum absolute atomic E-state index is 11.2. The van der Waals surface area contributed by atoms with Crippen molar-refractivity contribution in [3.05, 3.63) is 0 Å². The van der Waals surface area contributed by atoms with E-state index in [0.717, 1.165) is 6.42 Å². The summed E-state index contributed by atoms with van der Waals surface area (Å²) in [7, 11) is 3.53. The lowest BCUT2D eigenvalue weighted by Gasteiger charge is -2.34. The SMILES string of the molecule is CNC(=O)CC(C)(N)CC(C)(C)NC. The zero-order chi connectivity index (χ0) is 11.4. The molecule has 0 saturated carbocycles. The van der Waals surface area contributed by atoms with Crippen molar-refractivity contribution in [3.63, 3.8) is 0 Å². The van der Waals surface area contributed by atoms with Crippen molar-refractivity contribution in [1.29, 1.82) is 0 Å². The van der Waals surface area contributed by atoms with Crippen LogP contribution in [0.4, 0.5) is 0 Å². The van der Waals surface area contributed by atoms with Gasteiger partial charge in [0.05, 0.1) is 0 Å². The fourth-order valence-electron chi connectivity index (χ4n) is 1.62. The third-order valence-electron chi connectivity index (χ3n) is 2.37. The average Bonchev–Trinajstić information content (AvgIpc) is 2.01. The summed E-state index contributed by atoms with van der Waals surface area (Å²) in [5, 5.41) is 5.76. The first-order valence-electron chi connectivity index (χ1n) is 4.91. The number of carbonyl (C=O) groups excluding carboxylic acids is 1. The van der Waals surface area contributed by atoms with Crippen LogP contribution in [-0.2, 0) is 4.79 Å². The monoisotopic (exact) mass is 201 g/mol. The molecule has 0 rings (SSSR count).